The van der Waals surface area contributed by atoms with E-state index in [-0.39, 0.29) is 17.9 Å². The summed E-state index contributed by atoms with van der Waals surface area (Å²) in [6.07, 6.45) is 4.87. The number of nitrogens with zero attached hydrogens (tertiary/aromatic N) is 1. The smallest absolute Gasteiger partial charge is 0.264 e. The number of carbonyl (C=O) groups excluding carboxylic acids is 2. The van der Waals surface area contributed by atoms with Crippen molar-refractivity contribution in [3.63, 3.8) is 0 Å². The first kappa shape index (κ1) is 25.0. The molecule has 0 radical (unpaired) electrons. The van der Waals surface area contributed by atoms with Gasteiger partial charge >= 0.3 is 0 Å². The number of benzene rings is 3. The number of hydrogen-bond donors (Lipinski definition) is 1. The lowest BCUT2D eigenvalue weighted by Crippen LogP contribution is -2.32. The molecule has 0 spiro atoms. The molecule has 190 valence electrons. The van der Waals surface area contributed by atoms with Crippen LogP contribution in [0.5, 0.6) is 11.5 Å². The summed E-state index contributed by atoms with van der Waals surface area (Å²) in [5.74, 6) is 1.04. The number of nitrogens with one attached hydrogen (secondary N) is 1. The monoisotopic (exact) mass is 514 g/mol. The number of likely N-dealkylation sites (N-methyl/N-ethyl adjacent to an activating group) is 1. The Morgan fingerprint density at radius 1 is 1.14 bits per heavy atom. The zero-order valence-electron chi connectivity index (χ0n) is 21.2. The topological polar surface area (TPSA) is 67.9 Å². The number of amides is 2. The van der Waals surface area contributed by atoms with Crippen molar-refractivity contribution in [2.45, 2.75) is 37.1 Å². The average molecular weight is 515 g/mol. The van der Waals surface area contributed by atoms with Gasteiger partial charge in [0.25, 0.3) is 11.8 Å². The van der Waals surface area contributed by atoms with Crippen LogP contribution in [-0.4, -0.2) is 32.6 Å². The van der Waals surface area contributed by atoms with Crippen molar-refractivity contribution in [3.8, 4) is 11.5 Å². The van der Waals surface area contributed by atoms with Crippen molar-refractivity contribution in [3.05, 3.63) is 87.8 Å². The first-order valence-corrected chi connectivity index (χ1v) is 13.3. The number of thioether (sulfide) groups is 1. The first-order valence-electron chi connectivity index (χ1n) is 12.5. The number of anilines is 1. The second-order valence-corrected chi connectivity index (χ2v) is 10.2. The number of hydrogen-bond acceptors (Lipinski definition) is 5. The van der Waals surface area contributed by atoms with Crippen LogP contribution in [0.3, 0.4) is 0 Å². The number of ether oxygens (including phenoxy) is 2. The summed E-state index contributed by atoms with van der Waals surface area (Å²) in [5, 5.41) is 3.21. The maximum Gasteiger partial charge on any atom is 0.264 e. The van der Waals surface area contributed by atoms with Crippen molar-refractivity contribution in [2.24, 2.45) is 0 Å². The fourth-order valence-corrected chi connectivity index (χ4v) is 5.97. The van der Waals surface area contributed by atoms with Gasteiger partial charge in [0.15, 0.2) is 11.5 Å². The van der Waals surface area contributed by atoms with Crippen LogP contribution in [0.2, 0.25) is 0 Å². The molecule has 0 fully saturated rings. The predicted molar refractivity (Wildman–Crippen MR) is 147 cm³/mol. The van der Waals surface area contributed by atoms with E-state index in [0.29, 0.717) is 28.6 Å². The van der Waals surface area contributed by atoms with Gasteiger partial charge in [-0.3, -0.25) is 9.59 Å². The summed E-state index contributed by atoms with van der Waals surface area (Å²) in [6.45, 7) is 2.46. The highest BCUT2D eigenvalue weighted by Crippen LogP contribution is 2.42. The maximum atomic E-state index is 13.2. The zero-order chi connectivity index (χ0) is 25.9. The van der Waals surface area contributed by atoms with Gasteiger partial charge in [0.05, 0.1) is 30.4 Å². The molecular weight excluding hydrogens is 484 g/mol. The van der Waals surface area contributed by atoms with Crippen molar-refractivity contribution >= 4 is 35.3 Å². The second-order valence-electron chi connectivity index (χ2n) is 9.12. The number of aryl methyl sites for hydroxylation is 1. The summed E-state index contributed by atoms with van der Waals surface area (Å²) in [4.78, 5) is 29.5. The van der Waals surface area contributed by atoms with E-state index in [1.807, 2.05) is 55.5 Å². The van der Waals surface area contributed by atoms with Crippen LogP contribution >= 0.6 is 11.8 Å². The Balaban J connectivity index is 1.37. The molecule has 1 heterocycles. The normalized spacial score (nSPS) is 17.7. The minimum atomic E-state index is -0.127. The SMILES string of the molecule is CCOc1ccc(/C=C2/Sc3ccc(C(=O)N[C@@H]4CCCc5ccccc54)cc3N(C)C2=O)cc1OC. The fraction of sp³-hybridized carbons (Fsp3) is 0.267. The summed E-state index contributed by atoms with van der Waals surface area (Å²) >= 11 is 1.40. The van der Waals surface area contributed by atoms with E-state index in [1.165, 1.54) is 22.9 Å². The van der Waals surface area contributed by atoms with Gasteiger partial charge < -0.3 is 19.7 Å². The highest BCUT2D eigenvalue weighted by molar-refractivity contribution is 8.04. The van der Waals surface area contributed by atoms with Crippen LogP contribution in [0.4, 0.5) is 5.69 Å². The number of methoxy groups -OCH3 is 1. The molecule has 1 aliphatic carbocycles. The molecule has 2 amide bonds. The largest absolute Gasteiger partial charge is 0.493 e. The number of rotatable bonds is 6. The second kappa shape index (κ2) is 10.7. The molecule has 37 heavy (non-hydrogen) atoms. The van der Waals surface area contributed by atoms with Gasteiger partial charge in [0.2, 0.25) is 0 Å². The standard InChI is InChI=1S/C30H30N2O4S/c1-4-36-25-14-12-19(16-26(25)35-3)17-28-30(34)32(2)24-18-21(13-15-27(24)37-28)29(33)31-23-11-7-9-20-8-5-6-10-22(20)23/h5-6,8,10,12-18,23H,4,7,9,11H2,1-3H3,(H,31,33)/b28-17+/t23-/m1/s1. The lowest BCUT2D eigenvalue weighted by Gasteiger charge is -2.28. The van der Waals surface area contributed by atoms with E-state index in [0.717, 1.165) is 35.4 Å². The summed E-state index contributed by atoms with van der Waals surface area (Å²) in [6, 6.07) is 19.5. The molecule has 0 bridgehead atoms. The lowest BCUT2D eigenvalue weighted by molar-refractivity contribution is -0.114. The molecule has 0 saturated heterocycles. The summed E-state index contributed by atoms with van der Waals surface area (Å²) in [7, 11) is 3.34. The Bertz CT molecular complexity index is 1380. The Morgan fingerprint density at radius 2 is 1.97 bits per heavy atom. The van der Waals surface area contributed by atoms with Crippen molar-refractivity contribution in [1.29, 1.82) is 0 Å². The highest BCUT2D eigenvalue weighted by Gasteiger charge is 2.28. The third-order valence-electron chi connectivity index (χ3n) is 6.78. The predicted octanol–water partition coefficient (Wildman–Crippen LogP) is 6.01. The molecule has 3 aromatic carbocycles. The molecule has 0 unspecified atom stereocenters. The molecule has 6 nitrogen and oxygen atoms in total. The van der Waals surface area contributed by atoms with Gasteiger partial charge in [0.1, 0.15) is 0 Å². The van der Waals surface area contributed by atoms with Crippen molar-refractivity contribution in [2.75, 3.05) is 25.7 Å². The zero-order valence-corrected chi connectivity index (χ0v) is 22.1. The Labute approximate surface area is 221 Å². The molecule has 1 N–H and O–H groups in total. The van der Waals surface area contributed by atoms with Crippen molar-refractivity contribution in [1.82, 2.24) is 5.32 Å². The maximum absolute atomic E-state index is 13.2. The Hall–Kier alpha value is -3.71. The molecule has 7 heteroatoms. The van der Waals surface area contributed by atoms with Crippen LogP contribution in [0.1, 0.15) is 52.9 Å². The number of carbonyl (C=O) groups is 2. The molecule has 5 rings (SSSR count). The minimum Gasteiger partial charge on any atom is -0.493 e. The fourth-order valence-electron chi connectivity index (χ4n) is 4.88. The molecule has 3 aromatic rings. The van der Waals surface area contributed by atoms with E-state index in [1.54, 1.807) is 25.1 Å². The minimum absolute atomic E-state index is 0.00265. The quantitative estimate of drug-likeness (QED) is 0.408. The van der Waals surface area contributed by atoms with E-state index in [2.05, 4.69) is 17.4 Å². The Morgan fingerprint density at radius 3 is 2.78 bits per heavy atom. The van der Waals surface area contributed by atoms with Crippen molar-refractivity contribution < 1.29 is 19.1 Å². The van der Waals surface area contributed by atoms with Gasteiger partial charge in [-0.15, -0.1) is 0 Å². The van der Waals surface area contributed by atoms with Gasteiger partial charge in [-0.2, -0.15) is 0 Å². The van der Waals surface area contributed by atoms with Gasteiger partial charge in [-0.1, -0.05) is 42.1 Å². The van der Waals surface area contributed by atoms with Crippen LogP contribution in [0.15, 0.2) is 70.5 Å². The Kier molecular flexibility index (Phi) is 7.24. The third kappa shape index (κ3) is 5.09. The van der Waals surface area contributed by atoms with Gasteiger partial charge in [-0.25, -0.2) is 0 Å². The van der Waals surface area contributed by atoms with Crippen LogP contribution in [0, 0.1) is 0 Å². The highest BCUT2D eigenvalue weighted by atomic mass is 32.2. The molecular formula is C30H30N2O4S. The van der Waals surface area contributed by atoms with E-state index < -0.39 is 0 Å². The molecule has 1 aliphatic heterocycles. The van der Waals surface area contributed by atoms with Crippen LogP contribution in [0.25, 0.3) is 6.08 Å². The van der Waals surface area contributed by atoms with E-state index in [4.69, 9.17) is 9.47 Å². The summed E-state index contributed by atoms with van der Waals surface area (Å²) < 4.78 is 11.0. The van der Waals surface area contributed by atoms with Gasteiger partial charge in [-0.05, 0) is 79.3 Å². The average Bonchev–Trinajstić information content (AvgIpc) is 2.92. The van der Waals surface area contributed by atoms with E-state index >= 15 is 0 Å². The van der Waals surface area contributed by atoms with Crippen LogP contribution in [-0.2, 0) is 11.2 Å². The van der Waals surface area contributed by atoms with E-state index in [9.17, 15) is 9.59 Å². The molecule has 2 aliphatic rings. The molecule has 0 aromatic heterocycles. The first-order chi connectivity index (χ1) is 18.0. The van der Waals surface area contributed by atoms with Crippen LogP contribution < -0.4 is 19.7 Å². The number of fused-ring (bicyclic) bond motifs is 2. The van der Waals surface area contributed by atoms with Gasteiger partial charge in [0, 0.05) is 17.5 Å². The summed E-state index contributed by atoms with van der Waals surface area (Å²) in [5.41, 5.74) is 4.62. The molecule has 1 atom stereocenters. The third-order valence-corrected chi connectivity index (χ3v) is 7.86. The lowest BCUT2D eigenvalue weighted by atomic mass is 9.87. The molecule has 0 saturated carbocycles.